The number of anilines is 1. The first kappa shape index (κ1) is 19.2. The monoisotopic (exact) mass is 414 g/mol. The van der Waals surface area contributed by atoms with Crippen LogP contribution in [0.5, 0.6) is 0 Å². The fraction of sp³-hybridized carbons (Fsp3) is 0.261. The Morgan fingerprint density at radius 3 is 2.77 bits per heavy atom. The van der Waals surface area contributed by atoms with Gasteiger partial charge in [-0.3, -0.25) is 14.2 Å². The molecule has 0 saturated carbocycles. The minimum atomic E-state index is -0.376. The molecule has 1 amide bonds. The summed E-state index contributed by atoms with van der Waals surface area (Å²) in [6.07, 6.45) is 3.26. The van der Waals surface area contributed by atoms with Crippen molar-refractivity contribution >= 4 is 22.8 Å². The Kier molecular flexibility index (Phi) is 4.62. The molecule has 0 saturated heterocycles. The predicted molar refractivity (Wildman–Crippen MR) is 118 cm³/mol. The molecule has 5 rings (SSSR count). The van der Waals surface area contributed by atoms with Gasteiger partial charge in [0, 0.05) is 12.2 Å². The molecule has 156 valence electrons. The van der Waals surface area contributed by atoms with Crippen molar-refractivity contribution in [3.05, 3.63) is 75.8 Å². The van der Waals surface area contributed by atoms with Gasteiger partial charge in [0.1, 0.15) is 12.9 Å². The highest BCUT2D eigenvalue weighted by Crippen LogP contribution is 2.26. The lowest BCUT2D eigenvalue weighted by molar-refractivity contribution is -0.119. The number of aryl methyl sites for hydroxylation is 3. The molecule has 1 aliphatic heterocycles. The zero-order valence-corrected chi connectivity index (χ0v) is 17.4. The molecule has 0 unspecified atom stereocenters. The van der Waals surface area contributed by atoms with E-state index in [1.54, 1.807) is 9.58 Å². The van der Waals surface area contributed by atoms with Crippen LogP contribution in [0.15, 0.2) is 53.6 Å². The minimum absolute atomic E-state index is 0.0907. The topological polar surface area (TPSA) is 85.9 Å². The number of para-hydroxylation sites is 1. The second kappa shape index (κ2) is 7.46. The van der Waals surface area contributed by atoms with Crippen LogP contribution in [0.25, 0.3) is 16.9 Å². The average Bonchev–Trinajstić information content (AvgIpc) is 3.22. The number of benzene rings is 2. The zero-order valence-electron chi connectivity index (χ0n) is 17.4. The van der Waals surface area contributed by atoms with Crippen LogP contribution < -0.4 is 10.5 Å². The van der Waals surface area contributed by atoms with Gasteiger partial charge < -0.3 is 4.90 Å². The van der Waals surface area contributed by atoms with E-state index >= 15 is 0 Å². The molecule has 0 N–H and O–H groups in total. The highest BCUT2D eigenvalue weighted by atomic mass is 16.2. The van der Waals surface area contributed by atoms with Crippen LogP contribution in [0.4, 0.5) is 5.69 Å². The van der Waals surface area contributed by atoms with Crippen molar-refractivity contribution in [2.45, 2.75) is 33.2 Å². The molecule has 0 aliphatic carbocycles. The lowest BCUT2D eigenvalue weighted by Crippen LogP contribution is -2.39. The Bertz CT molecular complexity index is 1370. The second-order valence-electron chi connectivity index (χ2n) is 7.90. The van der Waals surface area contributed by atoms with Gasteiger partial charge in [-0.2, -0.15) is 4.68 Å². The number of carbonyl (C=O) groups is 1. The van der Waals surface area contributed by atoms with Crippen LogP contribution in [0.3, 0.4) is 0 Å². The molecule has 2 aromatic carbocycles. The predicted octanol–water partition coefficient (Wildman–Crippen LogP) is 2.57. The number of rotatable bonds is 3. The third kappa shape index (κ3) is 3.30. The van der Waals surface area contributed by atoms with Crippen LogP contribution in [0.1, 0.15) is 23.1 Å². The molecule has 0 radical (unpaired) electrons. The molecule has 0 bridgehead atoms. The number of hydrogen-bond acceptors (Lipinski definition) is 5. The third-order valence-electron chi connectivity index (χ3n) is 5.88. The van der Waals surface area contributed by atoms with E-state index < -0.39 is 0 Å². The van der Waals surface area contributed by atoms with E-state index in [2.05, 4.69) is 15.3 Å². The second-order valence-corrected chi connectivity index (χ2v) is 7.90. The van der Waals surface area contributed by atoms with Crippen LogP contribution in [-0.2, 0) is 17.8 Å². The van der Waals surface area contributed by atoms with Gasteiger partial charge in [-0.25, -0.2) is 4.98 Å². The minimum Gasteiger partial charge on any atom is -0.311 e. The Balaban J connectivity index is 1.47. The summed E-state index contributed by atoms with van der Waals surface area (Å²) in [4.78, 5) is 32.2. The van der Waals surface area contributed by atoms with Crippen molar-refractivity contribution in [2.75, 3.05) is 11.4 Å². The molecule has 8 heteroatoms. The van der Waals surface area contributed by atoms with Crippen molar-refractivity contribution in [1.82, 2.24) is 24.5 Å². The summed E-state index contributed by atoms with van der Waals surface area (Å²) in [7, 11) is 0. The van der Waals surface area contributed by atoms with Gasteiger partial charge in [-0.1, -0.05) is 29.5 Å². The van der Waals surface area contributed by atoms with Crippen molar-refractivity contribution in [1.29, 1.82) is 0 Å². The average molecular weight is 414 g/mol. The zero-order chi connectivity index (χ0) is 21.5. The van der Waals surface area contributed by atoms with Gasteiger partial charge in [-0.15, -0.1) is 5.10 Å². The molecular weight excluding hydrogens is 392 g/mol. The molecule has 8 nitrogen and oxygen atoms in total. The lowest BCUT2D eigenvalue weighted by Gasteiger charge is -2.29. The maximum Gasteiger partial charge on any atom is 0.284 e. The maximum atomic E-state index is 13.0. The highest BCUT2D eigenvalue weighted by molar-refractivity contribution is 5.94. The first-order valence-corrected chi connectivity index (χ1v) is 10.3. The fourth-order valence-corrected chi connectivity index (χ4v) is 4.01. The lowest BCUT2D eigenvalue weighted by atomic mass is 10.0. The summed E-state index contributed by atoms with van der Waals surface area (Å²) < 4.78 is 2.86. The Hall–Kier alpha value is -3.81. The molecule has 31 heavy (non-hydrogen) atoms. The fourth-order valence-electron chi connectivity index (χ4n) is 4.01. The van der Waals surface area contributed by atoms with E-state index in [0.717, 1.165) is 35.3 Å². The van der Waals surface area contributed by atoms with Gasteiger partial charge in [-0.05, 0) is 61.6 Å². The van der Waals surface area contributed by atoms with E-state index in [1.807, 2.05) is 56.3 Å². The standard InChI is InChI=1S/C23H22N6O2/c1-15-9-10-18(12-16(15)2)29-22-21(25-26-29)23(31)27(14-24-22)13-20(30)28-11-5-7-17-6-3-4-8-19(17)28/h3-4,6,8-10,12,14H,5,7,11,13H2,1-2H3. The Morgan fingerprint density at radius 1 is 1.10 bits per heavy atom. The van der Waals surface area contributed by atoms with Crippen molar-refractivity contribution in [2.24, 2.45) is 0 Å². The summed E-state index contributed by atoms with van der Waals surface area (Å²) in [5, 5.41) is 8.19. The van der Waals surface area contributed by atoms with Gasteiger partial charge in [0.25, 0.3) is 5.56 Å². The van der Waals surface area contributed by atoms with Gasteiger partial charge in [0.05, 0.1) is 5.69 Å². The quantitative estimate of drug-likeness (QED) is 0.514. The van der Waals surface area contributed by atoms with Crippen molar-refractivity contribution in [3.8, 4) is 5.69 Å². The molecule has 0 spiro atoms. The van der Waals surface area contributed by atoms with Crippen LogP contribution >= 0.6 is 0 Å². The Labute approximate surface area is 178 Å². The smallest absolute Gasteiger partial charge is 0.284 e. The molecule has 4 aromatic rings. The van der Waals surface area contributed by atoms with Gasteiger partial charge >= 0.3 is 0 Å². The molecule has 0 fully saturated rings. The Morgan fingerprint density at radius 2 is 1.94 bits per heavy atom. The summed E-state index contributed by atoms with van der Waals surface area (Å²) in [6, 6.07) is 13.8. The van der Waals surface area contributed by atoms with Crippen molar-refractivity contribution < 1.29 is 4.79 Å². The third-order valence-corrected chi connectivity index (χ3v) is 5.88. The number of nitrogens with zero attached hydrogens (tertiary/aromatic N) is 6. The first-order valence-electron chi connectivity index (χ1n) is 10.3. The van der Waals surface area contributed by atoms with E-state index in [4.69, 9.17) is 0 Å². The molecule has 1 aliphatic rings. The van der Waals surface area contributed by atoms with Gasteiger partial charge in [0.2, 0.25) is 5.91 Å². The molecular formula is C23H22N6O2. The summed E-state index contributed by atoms with van der Waals surface area (Å²) in [6.45, 7) is 4.60. The number of amides is 1. The summed E-state index contributed by atoms with van der Waals surface area (Å²) in [5.41, 5.74) is 5.28. The van der Waals surface area contributed by atoms with Crippen molar-refractivity contribution in [3.63, 3.8) is 0 Å². The summed E-state index contributed by atoms with van der Waals surface area (Å²) in [5.74, 6) is -0.142. The van der Waals surface area contributed by atoms with E-state index in [9.17, 15) is 9.59 Å². The normalized spacial score (nSPS) is 13.4. The molecule has 2 aromatic heterocycles. The first-order chi connectivity index (χ1) is 15.0. The summed E-state index contributed by atoms with van der Waals surface area (Å²) >= 11 is 0. The largest absolute Gasteiger partial charge is 0.311 e. The highest BCUT2D eigenvalue weighted by Gasteiger charge is 2.23. The van der Waals surface area contributed by atoms with E-state index in [1.165, 1.54) is 16.5 Å². The van der Waals surface area contributed by atoms with E-state index in [0.29, 0.717) is 12.2 Å². The van der Waals surface area contributed by atoms with Gasteiger partial charge in [0.15, 0.2) is 11.2 Å². The van der Waals surface area contributed by atoms with Crippen LogP contribution in [0, 0.1) is 13.8 Å². The number of hydrogen-bond donors (Lipinski definition) is 0. The number of fused-ring (bicyclic) bond motifs is 2. The van der Waals surface area contributed by atoms with E-state index in [-0.39, 0.29) is 23.5 Å². The van der Waals surface area contributed by atoms with Crippen LogP contribution in [0.2, 0.25) is 0 Å². The maximum absolute atomic E-state index is 13.0. The number of aromatic nitrogens is 5. The number of carbonyl (C=O) groups excluding carboxylic acids is 1. The SMILES string of the molecule is Cc1ccc(-n2nnc3c(=O)n(CC(=O)N4CCCc5ccccc54)cnc32)cc1C. The molecule has 3 heterocycles. The molecule has 0 atom stereocenters. The van der Waals surface area contributed by atoms with Crippen LogP contribution in [-0.4, -0.2) is 37.0 Å².